The van der Waals surface area contributed by atoms with Crippen molar-refractivity contribution >= 4 is 37.3 Å². The van der Waals surface area contributed by atoms with Gasteiger partial charge in [0.25, 0.3) is 15.9 Å². The first-order chi connectivity index (χ1) is 16.5. The molecule has 35 heavy (non-hydrogen) atoms. The van der Waals surface area contributed by atoms with E-state index in [1.54, 1.807) is 37.3 Å². The summed E-state index contributed by atoms with van der Waals surface area (Å²) in [5, 5.41) is 2.62. The molecule has 0 spiro atoms. The smallest absolute Gasteiger partial charge is 0.262 e. The first-order valence-corrected chi connectivity index (χ1v) is 13.2. The van der Waals surface area contributed by atoms with Crippen molar-refractivity contribution in [3.8, 4) is 11.5 Å². The van der Waals surface area contributed by atoms with Gasteiger partial charge in [0.05, 0.1) is 16.9 Å². The summed E-state index contributed by atoms with van der Waals surface area (Å²) in [4.78, 5) is 12.4. The zero-order valence-corrected chi connectivity index (χ0v) is 20.9. The lowest BCUT2D eigenvalue weighted by Gasteiger charge is -2.12. The Morgan fingerprint density at radius 3 is 2.03 bits per heavy atom. The number of amides is 1. The van der Waals surface area contributed by atoms with Gasteiger partial charge in [0.15, 0.2) is 6.61 Å². The molecule has 1 amide bonds. The molecule has 0 aliphatic carbocycles. The van der Waals surface area contributed by atoms with Crippen molar-refractivity contribution in [2.75, 3.05) is 30.8 Å². The van der Waals surface area contributed by atoms with E-state index in [-0.39, 0.29) is 22.1 Å². The third-order valence-corrected chi connectivity index (χ3v) is 7.72. The molecule has 3 aromatic carbocycles. The van der Waals surface area contributed by atoms with Crippen molar-refractivity contribution in [1.82, 2.24) is 4.72 Å². The van der Waals surface area contributed by atoms with Crippen LogP contribution in [0.5, 0.6) is 11.5 Å². The summed E-state index contributed by atoms with van der Waals surface area (Å²) >= 11 is 0. The van der Waals surface area contributed by atoms with Crippen molar-refractivity contribution in [1.29, 1.82) is 0 Å². The lowest BCUT2D eigenvalue weighted by atomic mass is 10.2. The van der Waals surface area contributed by atoms with Crippen molar-refractivity contribution in [2.24, 2.45) is 0 Å². The first-order valence-electron chi connectivity index (χ1n) is 10.3. The summed E-state index contributed by atoms with van der Waals surface area (Å²) < 4.78 is 64.3. The zero-order valence-electron chi connectivity index (χ0n) is 19.2. The van der Waals surface area contributed by atoms with E-state index in [2.05, 4.69) is 14.8 Å². The molecule has 3 N–H and O–H groups in total. The molecule has 0 aliphatic heterocycles. The number of benzene rings is 3. The molecule has 0 heterocycles. The topological polar surface area (TPSA) is 140 Å². The van der Waals surface area contributed by atoms with Crippen molar-refractivity contribution in [3.05, 3.63) is 72.3 Å². The molecule has 0 aliphatic rings. The molecule has 3 rings (SSSR count). The molecule has 3 aromatic rings. The Bertz CT molecular complexity index is 1400. The molecule has 0 saturated heterocycles. The molecular weight excluding hydrogens is 494 g/mol. The van der Waals surface area contributed by atoms with Crippen LogP contribution in [-0.4, -0.2) is 43.5 Å². The number of rotatable bonds is 10. The fourth-order valence-corrected chi connectivity index (χ4v) is 4.76. The van der Waals surface area contributed by atoms with E-state index >= 15 is 0 Å². The van der Waals surface area contributed by atoms with E-state index in [1.165, 1.54) is 50.6 Å². The van der Waals surface area contributed by atoms with E-state index in [4.69, 9.17) is 9.47 Å². The van der Waals surface area contributed by atoms with Gasteiger partial charge in [-0.3, -0.25) is 9.52 Å². The summed E-state index contributed by atoms with van der Waals surface area (Å²) in [5.41, 5.74) is 1.39. The zero-order chi connectivity index (χ0) is 25.6. The monoisotopic (exact) mass is 519 g/mol. The minimum absolute atomic E-state index is 0.0156. The quantitative estimate of drug-likeness (QED) is 0.374. The molecule has 0 atom stereocenters. The fraction of sp³-hybridized carbons (Fsp3) is 0.174. The summed E-state index contributed by atoms with van der Waals surface area (Å²) in [5.74, 6) is 0.376. The number of nitrogens with one attached hydrogen (secondary N) is 3. The average Bonchev–Trinajstić information content (AvgIpc) is 2.84. The SMILES string of the molecule is CNS(=O)(=O)c1ccc(C)c(NC(=O)COc2ccc(S(=O)(=O)Nc3ccc(OC)cc3)cc2)c1. The average molecular weight is 520 g/mol. The van der Waals surface area contributed by atoms with E-state index < -0.39 is 26.0 Å². The number of aryl methyl sites for hydroxylation is 1. The van der Waals surface area contributed by atoms with Crippen LogP contribution in [0.4, 0.5) is 11.4 Å². The molecule has 0 radical (unpaired) electrons. The van der Waals surface area contributed by atoms with Crippen molar-refractivity contribution < 1.29 is 31.1 Å². The fourth-order valence-electron chi connectivity index (χ4n) is 2.94. The van der Waals surface area contributed by atoms with Crippen LogP contribution >= 0.6 is 0 Å². The van der Waals surface area contributed by atoms with Crippen LogP contribution in [0.2, 0.25) is 0 Å². The van der Waals surface area contributed by atoms with Crippen LogP contribution in [0.15, 0.2) is 76.5 Å². The molecule has 186 valence electrons. The Hall–Kier alpha value is -3.61. The van der Waals surface area contributed by atoms with E-state index in [0.29, 0.717) is 22.7 Å². The van der Waals surface area contributed by atoms with Crippen LogP contribution in [-0.2, 0) is 24.8 Å². The number of carbonyl (C=O) groups is 1. The highest BCUT2D eigenvalue weighted by atomic mass is 32.2. The summed E-state index contributed by atoms with van der Waals surface area (Å²) in [6.07, 6.45) is 0. The number of anilines is 2. The van der Waals surface area contributed by atoms with Gasteiger partial charge >= 0.3 is 0 Å². The highest BCUT2D eigenvalue weighted by molar-refractivity contribution is 7.92. The lowest BCUT2D eigenvalue weighted by molar-refractivity contribution is -0.118. The van der Waals surface area contributed by atoms with Gasteiger partial charge < -0.3 is 14.8 Å². The Balaban J connectivity index is 1.61. The molecular formula is C23H25N3O7S2. The summed E-state index contributed by atoms with van der Waals surface area (Å²) in [7, 11) is -4.67. The lowest BCUT2D eigenvalue weighted by Crippen LogP contribution is -2.22. The second-order valence-electron chi connectivity index (χ2n) is 7.33. The minimum Gasteiger partial charge on any atom is -0.497 e. The number of sulfonamides is 2. The standard InChI is InChI=1S/C23H25N3O7S2/c1-16-4-11-21(34(28,29)24-2)14-22(16)25-23(27)15-33-19-9-12-20(13-10-19)35(30,31)26-17-5-7-18(32-3)8-6-17/h4-14,24,26H,15H2,1-3H3,(H,25,27). The molecule has 0 fully saturated rings. The van der Waals surface area contributed by atoms with Crippen molar-refractivity contribution in [3.63, 3.8) is 0 Å². The van der Waals surface area contributed by atoms with Crippen LogP contribution in [0.3, 0.4) is 0 Å². The minimum atomic E-state index is -3.82. The highest BCUT2D eigenvalue weighted by Crippen LogP contribution is 2.22. The van der Waals surface area contributed by atoms with Gasteiger partial charge in [-0.2, -0.15) is 0 Å². The summed E-state index contributed by atoms with van der Waals surface area (Å²) in [6.45, 7) is 1.37. The van der Waals surface area contributed by atoms with Crippen LogP contribution in [0.25, 0.3) is 0 Å². The molecule has 0 bridgehead atoms. The maximum atomic E-state index is 12.6. The first kappa shape index (κ1) is 26.0. The summed E-state index contributed by atoms with van der Waals surface area (Å²) in [6, 6.07) is 16.4. The highest BCUT2D eigenvalue weighted by Gasteiger charge is 2.16. The van der Waals surface area contributed by atoms with E-state index in [1.807, 2.05) is 0 Å². The Morgan fingerprint density at radius 2 is 1.43 bits per heavy atom. The number of ether oxygens (including phenoxy) is 2. The normalized spacial score (nSPS) is 11.5. The number of methoxy groups -OCH3 is 1. The van der Waals surface area contributed by atoms with Gasteiger partial charge in [-0.25, -0.2) is 21.6 Å². The second kappa shape index (κ2) is 10.8. The molecule has 0 saturated carbocycles. The largest absolute Gasteiger partial charge is 0.497 e. The van der Waals surface area contributed by atoms with E-state index in [9.17, 15) is 21.6 Å². The van der Waals surface area contributed by atoms with Gasteiger partial charge in [0.2, 0.25) is 10.0 Å². The maximum Gasteiger partial charge on any atom is 0.262 e. The third-order valence-electron chi connectivity index (χ3n) is 4.91. The van der Waals surface area contributed by atoms with Crippen LogP contribution in [0, 0.1) is 6.92 Å². The van der Waals surface area contributed by atoms with Gasteiger partial charge in [0, 0.05) is 11.4 Å². The van der Waals surface area contributed by atoms with Gasteiger partial charge in [0.1, 0.15) is 11.5 Å². The van der Waals surface area contributed by atoms with E-state index in [0.717, 1.165) is 0 Å². The number of carbonyl (C=O) groups excluding carboxylic acids is 1. The van der Waals surface area contributed by atoms with Crippen molar-refractivity contribution in [2.45, 2.75) is 16.7 Å². The number of hydrogen-bond donors (Lipinski definition) is 3. The molecule has 0 aromatic heterocycles. The third kappa shape index (κ3) is 6.72. The number of hydrogen-bond acceptors (Lipinski definition) is 7. The van der Waals surface area contributed by atoms with Crippen LogP contribution < -0.4 is 24.2 Å². The Morgan fingerprint density at radius 1 is 0.829 bits per heavy atom. The predicted molar refractivity (Wildman–Crippen MR) is 132 cm³/mol. The van der Waals surface area contributed by atoms with Crippen LogP contribution in [0.1, 0.15) is 5.56 Å². The molecule has 0 unspecified atom stereocenters. The van der Waals surface area contributed by atoms with Gasteiger partial charge in [-0.1, -0.05) is 6.07 Å². The molecule has 12 heteroatoms. The maximum absolute atomic E-state index is 12.6. The Labute approximate surface area is 204 Å². The van der Waals surface area contributed by atoms with Gasteiger partial charge in [-0.15, -0.1) is 0 Å². The predicted octanol–water partition coefficient (Wildman–Crippen LogP) is 2.73. The second-order valence-corrected chi connectivity index (χ2v) is 10.9. The Kier molecular flexibility index (Phi) is 7.99. The van der Waals surface area contributed by atoms with Gasteiger partial charge in [-0.05, 0) is 80.2 Å². The molecule has 10 nitrogen and oxygen atoms in total.